The van der Waals surface area contributed by atoms with Gasteiger partial charge in [0.05, 0.1) is 58.0 Å². The van der Waals surface area contributed by atoms with Crippen LogP contribution in [0, 0.1) is 10.1 Å². The summed E-state index contributed by atoms with van der Waals surface area (Å²) in [6.45, 7) is 4.07. The molecule has 0 aliphatic heterocycles. The molecule has 1 amide bonds. The van der Waals surface area contributed by atoms with Crippen molar-refractivity contribution in [1.82, 2.24) is 28.7 Å². The second kappa shape index (κ2) is 15.4. The van der Waals surface area contributed by atoms with E-state index in [1.807, 2.05) is 42.5 Å². The first-order valence-electron chi connectivity index (χ1n) is 16.4. The largest absolute Gasteiger partial charge is 0.461 e. The van der Waals surface area contributed by atoms with Gasteiger partial charge in [-0.25, -0.2) is 24.5 Å². The summed E-state index contributed by atoms with van der Waals surface area (Å²) in [6, 6.07) is 21.1. The first-order chi connectivity index (χ1) is 26.2. The van der Waals surface area contributed by atoms with Crippen molar-refractivity contribution in [3.63, 3.8) is 0 Å². The number of carbonyl (C=O) groups excluding carboxylic acids is 3. The van der Waals surface area contributed by atoms with E-state index in [2.05, 4.69) is 25.3 Å². The predicted molar refractivity (Wildman–Crippen MR) is 203 cm³/mol. The number of nitro groups is 1. The van der Waals surface area contributed by atoms with Crippen LogP contribution in [0.5, 0.6) is 0 Å². The van der Waals surface area contributed by atoms with Crippen molar-refractivity contribution in [2.45, 2.75) is 13.8 Å². The molecule has 0 unspecified atom stereocenters. The maximum atomic E-state index is 12.9. The van der Waals surface area contributed by atoms with Crippen molar-refractivity contribution < 1.29 is 28.8 Å². The highest BCUT2D eigenvalue weighted by Gasteiger charge is 2.21. The third-order valence-corrected chi connectivity index (χ3v) is 9.58. The van der Waals surface area contributed by atoms with Crippen molar-refractivity contribution in [2.24, 2.45) is 0 Å². The zero-order valence-corrected chi connectivity index (χ0v) is 30.2. The monoisotopic (exact) mass is 760 g/mol. The number of nitrogens with one attached hydrogen (secondary N) is 1. The van der Waals surface area contributed by atoms with E-state index in [4.69, 9.17) is 9.47 Å². The summed E-state index contributed by atoms with van der Waals surface area (Å²) in [5.74, 6) is -1.22. The van der Waals surface area contributed by atoms with Gasteiger partial charge in [-0.3, -0.25) is 28.7 Å². The van der Waals surface area contributed by atoms with Crippen LogP contribution in [-0.4, -0.2) is 64.7 Å². The number of fused-ring (bicyclic) bond motifs is 3. The Hall–Kier alpha value is -6.85. The van der Waals surface area contributed by atoms with Gasteiger partial charge in [-0.15, -0.1) is 22.7 Å². The van der Waals surface area contributed by atoms with E-state index in [0.717, 1.165) is 11.1 Å². The van der Waals surface area contributed by atoms with Crippen LogP contribution < -0.4 is 5.32 Å². The number of hydrogen-bond donors (Lipinski definition) is 1. The Kier molecular flexibility index (Phi) is 10.1. The molecule has 0 aliphatic carbocycles. The molecule has 0 fully saturated rings. The molecule has 0 saturated heterocycles. The normalized spacial score (nSPS) is 10.9. The number of imidazole rings is 2. The van der Waals surface area contributed by atoms with Crippen LogP contribution in [0.1, 0.15) is 45.3 Å². The lowest BCUT2D eigenvalue weighted by atomic mass is 10.1. The smallest absolute Gasteiger partial charge is 0.356 e. The summed E-state index contributed by atoms with van der Waals surface area (Å²) < 4.78 is 13.4. The van der Waals surface area contributed by atoms with Crippen LogP contribution in [0.3, 0.4) is 0 Å². The first-order valence-corrected chi connectivity index (χ1v) is 18.1. The molecule has 1 N–H and O–H groups in total. The summed E-state index contributed by atoms with van der Waals surface area (Å²) in [5, 5.41) is 17.4. The highest BCUT2D eigenvalue weighted by Crippen LogP contribution is 2.32. The highest BCUT2D eigenvalue weighted by molar-refractivity contribution is 7.15. The zero-order chi connectivity index (χ0) is 37.8. The van der Waals surface area contributed by atoms with Crippen LogP contribution in [0.2, 0.25) is 0 Å². The van der Waals surface area contributed by atoms with Crippen LogP contribution in [0.4, 0.5) is 11.4 Å². The molecule has 0 bridgehead atoms. The first kappa shape index (κ1) is 35.5. The van der Waals surface area contributed by atoms with Gasteiger partial charge in [0.15, 0.2) is 9.92 Å². The molecule has 17 heteroatoms. The average Bonchev–Trinajstić information content (AvgIpc) is 3.97. The van der Waals surface area contributed by atoms with E-state index in [-0.39, 0.29) is 23.9 Å². The van der Waals surface area contributed by atoms with Gasteiger partial charge in [0.2, 0.25) is 0 Å². The maximum absolute atomic E-state index is 12.9. The quantitative estimate of drug-likeness (QED) is 0.0868. The van der Waals surface area contributed by atoms with Crippen LogP contribution in [0.15, 0.2) is 102 Å². The minimum absolute atomic E-state index is 0.0223. The number of nitro benzene ring substituents is 1. The van der Waals surface area contributed by atoms with Gasteiger partial charge in [0, 0.05) is 34.8 Å². The summed E-state index contributed by atoms with van der Waals surface area (Å²) in [4.78, 5) is 66.5. The number of benzene rings is 3. The summed E-state index contributed by atoms with van der Waals surface area (Å²) in [7, 11) is 0. The highest BCUT2D eigenvalue weighted by atomic mass is 32.1. The predicted octanol–water partition coefficient (Wildman–Crippen LogP) is 7.58. The lowest BCUT2D eigenvalue weighted by Gasteiger charge is -2.09. The molecule has 5 aromatic heterocycles. The molecule has 8 rings (SSSR count). The molecule has 0 spiro atoms. The van der Waals surface area contributed by atoms with Crippen molar-refractivity contribution in [1.29, 1.82) is 0 Å². The van der Waals surface area contributed by atoms with Crippen molar-refractivity contribution in [2.75, 3.05) is 18.5 Å². The molecule has 0 radical (unpaired) electrons. The summed E-state index contributed by atoms with van der Waals surface area (Å²) in [5.41, 5.74) is 5.13. The SMILES string of the molecule is CCOC(=O)c1csc2nc(-c3ccccc3NC(=O)c3cnc4ccccc4n3)cn12.CCOC(=O)c1csc2nc(-c3ccccc3[N+](=O)[O-])cn12. The fourth-order valence-corrected chi connectivity index (χ4v) is 7.13. The molecule has 0 saturated carbocycles. The molecule has 8 aromatic rings. The number of amides is 1. The Labute approximate surface area is 313 Å². The van der Waals surface area contributed by atoms with Crippen molar-refractivity contribution in [3.8, 4) is 22.5 Å². The number of rotatable bonds is 9. The average molecular weight is 761 g/mol. The topological polar surface area (TPSA) is 185 Å². The van der Waals surface area contributed by atoms with Crippen LogP contribution in [-0.2, 0) is 9.47 Å². The van der Waals surface area contributed by atoms with E-state index in [1.165, 1.54) is 34.9 Å². The molecule has 270 valence electrons. The fourth-order valence-electron chi connectivity index (χ4n) is 5.45. The third-order valence-electron chi connectivity index (χ3n) is 7.90. The molecule has 5 heterocycles. The Bertz CT molecular complexity index is 2700. The van der Waals surface area contributed by atoms with Gasteiger partial charge in [0.25, 0.3) is 11.6 Å². The summed E-state index contributed by atoms with van der Waals surface area (Å²) >= 11 is 2.63. The van der Waals surface area contributed by atoms with Gasteiger partial charge in [-0.05, 0) is 38.1 Å². The number of para-hydroxylation sites is 4. The summed E-state index contributed by atoms with van der Waals surface area (Å²) in [6.07, 6.45) is 4.83. The molecule has 54 heavy (non-hydrogen) atoms. The number of ether oxygens (including phenoxy) is 2. The standard InChI is InChI=1S/C23H17N5O3S.C14H11N3O4S/c1-2-31-22(30)20-13-32-23-27-19(12-28(20)23)14-7-3-4-8-15(14)26-21(29)18-11-24-16-9-5-6-10-17(16)25-18;1-2-21-13(18)12-8-22-14-15-10(7-16(12)14)9-5-3-4-6-11(9)17(19)20/h3-13H,2H2,1H3,(H,26,29);3-8H,2H2,1H3. The Morgan fingerprint density at radius 3 is 1.89 bits per heavy atom. The Morgan fingerprint density at radius 2 is 1.28 bits per heavy atom. The number of aromatic nitrogens is 6. The number of esters is 2. The van der Waals surface area contributed by atoms with E-state index in [9.17, 15) is 24.5 Å². The zero-order valence-electron chi connectivity index (χ0n) is 28.5. The minimum atomic E-state index is -0.449. The molecule has 0 aliphatic rings. The Balaban J connectivity index is 0.000000179. The van der Waals surface area contributed by atoms with Gasteiger partial charge in [-0.2, -0.15) is 0 Å². The lowest BCUT2D eigenvalue weighted by molar-refractivity contribution is -0.384. The Morgan fingerprint density at radius 1 is 0.741 bits per heavy atom. The van der Waals surface area contributed by atoms with Gasteiger partial charge >= 0.3 is 11.9 Å². The lowest BCUT2D eigenvalue weighted by Crippen LogP contribution is -2.14. The fraction of sp³-hybridized carbons (Fsp3) is 0.108. The van der Waals surface area contributed by atoms with E-state index < -0.39 is 16.9 Å². The number of carbonyl (C=O) groups is 3. The van der Waals surface area contributed by atoms with Gasteiger partial charge in [-0.1, -0.05) is 42.5 Å². The molecule has 0 atom stereocenters. The molecule has 3 aromatic carbocycles. The minimum Gasteiger partial charge on any atom is -0.461 e. The second-order valence-corrected chi connectivity index (χ2v) is 12.9. The van der Waals surface area contributed by atoms with E-state index in [0.29, 0.717) is 56.1 Å². The van der Waals surface area contributed by atoms with Crippen molar-refractivity contribution in [3.05, 3.63) is 129 Å². The molecular weight excluding hydrogens is 733 g/mol. The second-order valence-electron chi connectivity index (χ2n) is 11.3. The number of anilines is 1. The van der Waals surface area contributed by atoms with Crippen LogP contribution in [0.25, 0.3) is 43.5 Å². The molecular formula is C37H28N8O7S2. The third kappa shape index (κ3) is 7.12. The molecule has 15 nitrogen and oxygen atoms in total. The maximum Gasteiger partial charge on any atom is 0.356 e. The van der Waals surface area contributed by atoms with E-state index >= 15 is 0 Å². The van der Waals surface area contributed by atoms with Gasteiger partial charge < -0.3 is 14.8 Å². The van der Waals surface area contributed by atoms with Crippen LogP contribution >= 0.6 is 22.7 Å². The number of thiazole rings is 2. The number of nitrogens with zero attached hydrogens (tertiary/aromatic N) is 7. The van der Waals surface area contributed by atoms with Gasteiger partial charge in [0.1, 0.15) is 17.1 Å². The number of hydrogen-bond acceptors (Lipinski definition) is 13. The van der Waals surface area contributed by atoms with Crippen molar-refractivity contribution >= 4 is 72.8 Å². The van der Waals surface area contributed by atoms with E-state index in [1.54, 1.807) is 70.1 Å².